The van der Waals surface area contributed by atoms with E-state index in [0.29, 0.717) is 5.69 Å². The van der Waals surface area contributed by atoms with E-state index in [1.54, 1.807) is 6.07 Å². The van der Waals surface area contributed by atoms with Crippen LogP contribution in [0.2, 0.25) is 0 Å². The molecule has 6 heteroatoms. The summed E-state index contributed by atoms with van der Waals surface area (Å²) in [6, 6.07) is 7.00. The number of hydrogen-bond donors (Lipinski definition) is 1. The van der Waals surface area contributed by atoms with Gasteiger partial charge >= 0.3 is 0 Å². The first-order valence-corrected chi connectivity index (χ1v) is 9.59. The van der Waals surface area contributed by atoms with Crippen molar-refractivity contribution in [1.29, 1.82) is 0 Å². The molecular formula is C17H27FN4S. The van der Waals surface area contributed by atoms with E-state index < -0.39 is 0 Å². The van der Waals surface area contributed by atoms with E-state index in [1.807, 2.05) is 30.9 Å². The van der Waals surface area contributed by atoms with Gasteiger partial charge in [-0.05, 0) is 37.0 Å². The second kappa shape index (κ2) is 9.65. The Morgan fingerprint density at radius 2 is 1.96 bits per heavy atom. The second-order valence-corrected chi connectivity index (χ2v) is 6.59. The molecule has 0 aliphatic carbocycles. The minimum absolute atomic E-state index is 0.141. The van der Waals surface area contributed by atoms with Crippen LogP contribution in [0.1, 0.15) is 12.8 Å². The third-order valence-electron chi connectivity index (χ3n) is 4.04. The van der Waals surface area contributed by atoms with Crippen LogP contribution in [0.25, 0.3) is 0 Å². The zero-order chi connectivity index (χ0) is 16.5. The lowest BCUT2D eigenvalue weighted by atomic mass is 10.2. The van der Waals surface area contributed by atoms with Crippen LogP contribution >= 0.6 is 11.8 Å². The van der Waals surface area contributed by atoms with Crippen molar-refractivity contribution < 1.29 is 4.39 Å². The van der Waals surface area contributed by atoms with Crippen molar-refractivity contribution in [2.75, 3.05) is 56.7 Å². The molecular weight excluding hydrogens is 311 g/mol. The van der Waals surface area contributed by atoms with Crippen LogP contribution in [-0.4, -0.2) is 62.6 Å². The average molecular weight is 338 g/mol. The van der Waals surface area contributed by atoms with Crippen molar-refractivity contribution in [2.24, 2.45) is 4.99 Å². The molecule has 2 rings (SSSR count). The number of piperazine rings is 1. The second-order valence-electron chi connectivity index (χ2n) is 5.60. The fourth-order valence-electron chi connectivity index (χ4n) is 2.77. The summed E-state index contributed by atoms with van der Waals surface area (Å²) in [5.41, 5.74) is 0.701. The van der Waals surface area contributed by atoms with Crippen molar-refractivity contribution in [3.63, 3.8) is 0 Å². The smallest absolute Gasteiger partial charge is 0.193 e. The highest BCUT2D eigenvalue weighted by atomic mass is 32.2. The minimum atomic E-state index is -0.141. The van der Waals surface area contributed by atoms with E-state index in [0.717, 1.165) is 45.1 Å². The van der Waals surface area contributed by atoms with E-state index >= 15 is 0 Å². The molecule has 1 fully saturated rings. The number of anilines is 1. The zero-order valence-electron chi connectivity index (χ0n) is 14.1. The van der Waals surface area contributed by atoms with Crippen LogP contribution in [0, 0.1) is 5.82 Å². The summed E-state index contributed by atoms with van der Waals surface area (Å²) in [5, 5.41) is 3.44. The predicted molar refractivity (Wildman–Crippen MR) is 99.2 cm³/mol. The molecule has 1 aromatic carbocycles. The molecule has 0 bridgehead atoms. The Morgan fingerprint density at radius 3 is 2.61 bits per heavy atom. The quantitative estimate of drug-likeness (QED) is 0.491. The van der Waals surface area contributed by atoms with Gasteiger partial charge in [-0.15, -0.1) is 0 Å². The third-order valence-corrected chi connectivity index (χ3v) is 4.74. The maximum atomic E-state index is 13.9. The van der Waals surface area contributed by atoms with Gasteiger partial charge in [0, 0.05) is 39.8 Å². The van der Waals surface area contributed by atoms with Crippen LogP contribution in [0.5, 0.6) is 0 Å². The maximum absolute atomic E-state index is 13.9. The number of guanidine groups is 1. The lowest BCUT2D eigenvalue weighted by molar-refractivity contribution is 0.370. The highest BCUT2D eigenvalue weighted by molar-refractivity contribution is 7.98. The molecule has 1 aliphatic rings. The fourth-order valence-corrected chi connectivity index (χ4v) is 3.26. The standard InChI is InChI=1S/C17H27FN4S/c1-19-17(20-9-5-6-14-23-2)22-12-10-21(11-13-22)16-8-4-3-7-15(16)18/h3-4,7-8H,5-6,9-14H2,1-2H3,(H,19,20). The Labute approximate surface area is 143 Å². The summed E-state index contributed by atoms with van der Waals surface area (Å²) in [7, 11) is 1.83. The van der Waals surface area contributed by atoms with E-state index in [1.165, 1.54) is 18.2 Å². The number of hydrogen-bond acceptors (Lipinski definition) is 3. The number of unbranched alkanes of at least 4 members (excludes halogenated alkanes) is 1. The number of halogens is 1. The van der Waals surface area contributed by atoms with Gasteiger partial charge in [0.2, 0.25) is 0 Å². The van der Waals surface area contributed by atoms with Gasteiger partial charge < -0.3 is 15.1 Å². The Hall–Kier alpha value is -1.43. The molecule has 1 heterocycles. The lowest BCUT2D eigenvalue weighted by Crippen LogP contribution is -2.52. The van der Waals surface area contributed by atoms with Gasteiger partial charge in [0.1, 0.15) is 5.82 Å². The number of para-hydroxylation sites is 1. The minimum Gasteiger partial charge on any atom is -0.366 e. The fraction of sp³-hybridized carbons (Fsp3) is 0.588. The summed E-state index contributed by atoms with van der Waals surface area (Å²) in [6.45, 7) is 4.31. The average Bonchev–Trinajstić information content (AvgIpc) is 2.59. The van der Waals surface area contributed by atoms with Gasteiger partial charge in [-0.25, -0.2) is 4.39 Å². The molecule has 0 aromatic heterocycles. The van der Waals surface area contributed by atoms with Crippen LogP contribution in [0.15, 0.2) is 29.3 Å². The largest absolute Gasteiger partial charge is 0.366 e. The Kier molecular flexibility index (Phi) is 7.52. The number of nitrogens with zero attached hydrogens (tertiary/aromatic N) is 3. The Morgan fingerprint density at radius 1 is 1.22 bits per heavy atom. The first-order valence-electron chi connectivity index (χ1n) is 8.20. The van der Waals surface area contributed by atoms with Crippen molar-refractivity contribution >= 4 is 23.4 Å². The molecule has 1 aromatic rings. The highest BCUT2D eigenvalue weighted by Gasteiger charge is 2.21. The molecule has 1 N–H and O–H groups in total. The van der Waals surface area contributed by atoms with Gasteiger partial charge in [0.25, 0.3) is 0 Å². The van der Waals surface area contributed by atoms with Gasteiger partial charge in [-0.3, -0.25) is 4.99 Å². The summed E-state index contributed by atoms with van der Waals surface area (Å²) in [5.74, 6) is 2.03. The topological polar surface area (TPSA) is 30.9 Å². The molecule has 0 unspecified atom stereocenters. The van der Waals surface area contributed by atoms with Crippen molar-refractivity contribution in [3.8, 4) is 0 Å². The molecule has 1 aliphatic heterocycles. The van der Waals surface area contributed by atoms with Gasteiger partial charge in [0.05, 0.1) is 5.69 Å². The molecule has 0 amide bonds. The predicted octanol–water partition coefficient (Wildman–Crippen LogP) is 2.67. The monoisotopic (exact) mass is 338 g/mol. The summed E-state index contributed by atoms with van der Waals surface area (Å²) in [6.07, 6.45) is 4.53. The first-order chi connectivity index (χ1) is 11.3. The molecule has 0 saturated carbocycles. The normalized spacial score (nSPS) is 15.9. The molecule has 1 saturated heterocycles. The number of aliphatic imine (C=N–C) groups is 1. The van der Waals surface area contributed by atoms with Gasteiger partial charge in [-0.2, -0.15) is 11.8 Å². The number of benzene rings is 1. The molecule has 4 nitrogen and oxygen atoms in total. The van der Waals surface area contributed by atoms with E-state index in [2.05, 4.69) is 26.4 Å². The molecule has 0 atom stereocenters. The summed E-state index contributed by atoms with van der Waals surface area (Å²) in [4.78, 5) is 8.74. The van der Waals surface area contributed by atoms with E-state index in [4.69, 9.17) is 0 Å². The van der Waals surface area contributed by atoms with Gasteiger partial charge in [-0.1, -0.05) is 12.1 Å². The van der Waals surface area contributed by atoms with Gasteiger partial charge in [0.15, 0.2) is 5.96 Å². The molecule has 0 spiro atoms. The van der Waals surface area contributed by atoms with Crippen molar-refractivity contribution in [3.05, 3.63) is 30.1 Å². The van der Waals surface area contributed by atoms with E-state index in [-0.39, 0.29) is 5.82 Å². The number of rotatable bonds is 6. The molecule has 128 valence electrons. The maximum Gasteiger partial charge on any atom is 0.193 e. The summed E-state index contributed by atoms with van der Waals surface area (Å²) >= 11 is 1.89. The lowest BCUT2D eigenvalue weighted by Gasteiger charge is -2.37. The Bertz CT molecular complexity index is 501. The molecule has 23 heavy (non-hydrogen) atoms. The summed E-state index contributed by atoms with van der Waals surface area (Å²) < 4.78 is 13.9. The molecule has 0 radical (unpaired) electrons. The zero-order valence-corrected chi connectivity index (χ0v) is 14.9. The Balaban J connectivity index is 1.79. The van der Waals surface area contributed by atoms with Crippen LogP contribution in [0.3, 0.4) is 0 Å². The number of thioether (sulfide) groups is 1. The first kappa shape index (κ1) is 17.9. The number of nitrogens with one attached hydrogen (secondary N) is 1. The van der Waals surface area contributed by atoms with E-state index in [9.17, 15) is 4.39 Å². The van der Waals surface area contributed by atoms with Crippen LogP contribution < -0.4 is 10.2 Å². The third kappa shape index (κ3) is 5.30. The SMILES string of the molecule is CN=C(NCCCCSC)N1CCN(c2ccccc2F)CC1. The van der Waals surface area contributed by atoms with Crippen LogP contribution in [-0.2, 0) is 0 Å². The van der Waals surface area contributed by atoms with Crippen molar-refractivity contribution in [2.45, 2.75) is 12.8 Å². The van der Waals surface area contributed by atoms with Crippen molar-refractivity contribution in [1.82, 2.24) is 10.2 Å². The highest BCUT2D eigenvalue weighted by Crippen LogP contribution is 2.20. The van der Waals surface area contributed by atoms with Crippen LogP contribution in [0.4, 0.5) is 10.1 Å².